The first-order valence-corrected chi connectivity index (χ1v) is 9.70. The number of benzene rings is 3. The van der Waals surface area contributed by atoms with E-state index in [1.54, 1.807) is 12.1 Å². The Kier molecular flexibility index (Phi) is 5.09. The molecular weight excluding hydrogens is 358 g/mol. The lowest BCUT2D eigenvalue weighted by molar-refractivity contribution is 0.106. The maximum Gasteiger partial charge on any atom is 0.213 e. The summed E-state index contributed by atoms with van der Waals surface area (Å²) in [6.45, 7) is 4.20. The second-order valence-corrected chi connectivity index (χ2v) is 7.74. The SMILES string of the molecule is CC1(C)Cc2ccccc2C(NN=C(C(=O)c2ccccc2)c2ccccc2)=N1. The smallest absolute Gasteiger partial charge is 0.213 e. The van der Waals surface area contributed by atoms with Crippen LogP contribution in [0.3, 0.4) is 0 Å². The second-order valence-electron chi connectivity index (χ2n) is 7.74. The van der Waals surface area contributed by atoms with E-state index < -0.39 is 0 Å². The lowest BCUT2D eigenvalue weighted by Crippen LogP contribution is -2.35. The summed E-state index contributed by atoms with van der Waals surface area (Å²) in [5, 5.41) is 4.54. The molecule has 0 atom stereocenters. The number of nitrogens with zero attached hydrogens (tertiary/aromatic N) is 2. The summed E-state index contributed by atoms with van der Waals surface area (Å²) in [5.74, 6) is 0.555. The number of hydrogen-bond donors (Lipinski definition) is 1. The Morgan fingerprint density at radius 3 is 2.14 bits per heavy atom. The van der Waals surface area contributed by atoms with Crippen LogP contribution in [0.5, 0.6) is 0 Å². The Morgan fingerprint density at radius 1 is 0.862 bits per heavy atom. The predicted molar refractivity (Wildman–Crippen MR) is 118 cm³/mol. The molecule has 0 aliphatic carbocycles. The van der Waals surface area contributed by atoms with Gasteiger partial charge in [-0.2, -0.15) is 5.10 Å². The van der Waals surface area contributed by atoms with Gasteiger partial charge in [-0.1, -0.05) is 84.9 Å². The van der Waals surface area contributed by atoms with Crippen molar-refractivity contribution in [3.8, 4) is 0 Å². The molecule has 1 heterocycles. The quantitative estimate of drug-likeness (QED) is 0.406. The normalized spacial score (nSPS) is 15.2. The van der Waals surface area contributed by atoms with Crippen LogP contribution in [-0.4, -0.2) is 22.9 Å². The zero-order valence-corrected chi connectivity index (χ0v) is 16.6. The fourth-order valence-corrected chi connectivity index (χ4v) is 3.54. The summed E-state index contributed by atoms with van der Waals surface area (Å²) in [7, 11) is 0. The monoisotopic (exact) mass is 381 g/mol. The molecule has 0 amide bonds. The minimum atomic E-state index is -0.234. The number of hydrazone groups is 1. The van der Waals surface area contributed by atoms with Gasteiger partial charge in [-0.05, 0) is 25.8 Å². The van der Waals surface area contributed by atoms with Gasteiger partial charge in [0.1, 0.15) is 11.5 Å². The average Bonchev–Trinajstić information content (AvgIpc) is 2.74. The topological polar surface area (TPSA) is 53.8 Å². The molecule has 0 radical (unpaired) electrons. The molecule has 1 N–H and O–H groups in total. The minimum absolute atomic E-state index is 0.131. The Balaban J connectivity index is 1.74. The molecule has 4 heteroatoms. The van der Waals surface area contributed by atoms with Crippen LogP contribution in [0.2, 0.25) is 0 Å². The van der Waals surface area contributed by atoms with Crippen LogP contribution in [0.25, 0.3) is 0 Å². The van der Waals surface area contributed by atoms with Crippen LogP contribution in [0.15, 0.2) is 95.0 Å². The van der Waals surface area contributed by atoms with Gasteiger partial charge < -0.3 is 0 Å². The molecule has 4 rings (SSSR count). The lowest BCUT2D eigenvalue weighted by atomic mass is 9.89. The first-order chi connectivity index (χ1) is 14.0. The maximum atomic E-state index is 13.2. The first kappa shape index (κ1) is 18.8. The van der Waals surface area contributed by atoms with Gasteiger partial charge in [-0.25, -0.2) is 0 Å². The second kappa shape index (κ2) is 7.84. The van der Waals surface area contributed by atoms with Crippen molar-refractivity contribution in [1.29, 1.82) is 0 Å². The molecule has 0 saturated heterocycles. The first-order valence-electron chi connectivity index (χ1n) is 9.70. The summed E-state index contributed by atoms with van der Waals surface area (Å²) in [5.41, 5.74) is 6.84. The molecule has 0 fully saturated rings. The molecule has 0 bridgehead atoms. The Morgan fingerprint density at radius 2 is 1.45 bits per heavy atom. The van der Waals surface area contributed by atoms with Crippen LogP contribution in [-0.2, 0) is 6.42 Å². The van der Waals surface area contributed by atoms with Crippen molar-refractivity contribution in [1.82, 2.24) is 5.43 Å². The van der Waals surface area contributed by atoms with Crippen molar-refractivity contribution in [3.63, 3.8) is 0 Å². The molecule has 0 unspecified atom stereocenters. The molecule has 0 spiro atoms. The van der Waals surface area contributed by atoms with Gasteiger partial charge in [0.15, 0.2) is 0 Å². The van der Waals surface area contributed by atoms with Crippen molar-refractivity contribution in [2.75, 3.05) is 0 Å². The highest BCUT2D eigenvalue weighted by Gasteiger charge is 2.26. The van der Waals surface area contributed by atoms with E-state index in [1.807, 2.05) is 66.7 Å². The molecule has 4 nitrogen and oxygen atoms in total. The van der Waals surface area contributed by atoms with E-state index in [2.05, 4.69) is 30.4 Å². The van der Waals surface area contributed by atoms with Crippen LogP contribution in [0, 0.1) is 0 Å². The van der Waals surface area contributed by atoms with Gasteiger partial charge in [0.2, 0.25) is 5.78 Å². The van der Waals surface area contributed by atoms with Crippen LogP contribution >= 0.6 is 0 Å². The van der Waals surface area contributed by atoms with Crippen molar-refractivity contribution in [2.24, 2.45) is 10.1 Å². The molecule has 1 aliphatic heterocycles. The average molecular weight is 381 g/mol. The number of carbonyl (C=O) groups excluding carboxylic acids is 1. The minimum Gasteiger partial charge on any atom is -0.287 e. The number of aliphatic imine (C=N–C) groups is 1. The Hall–Kier alpha value is -3.53. The third-order valence-corrected chi connectivity index (χ3v) is 4.88. The fraction of sp³-hybridized carbons (Fsp3) is 0.160. The van der Waals surface area contributed by atoms with E-state index in [9.17, 15) is 4.79 Å². The van der Waals surface area contributed by atoms with Crippen molar-refractivity contribution < 1.29 is 4.79 Å². The van der Waals surface area contributed by atoms with Gasteiger partial charge in [0, 0.05) is 16.7 Å². The van der Waals surface area contributed by atoms with E-state index in [4.69, 9.17) is 4.99 Å². The number of carbonyl (C=O) groups is 1. The third-order valence-electron chi connectivity index (χ3n) is 4.88. The van der Waals surface area contributed by atoms with Crippen molar-refractivity contribution in [2.45, 2.75) is 25.8 Å². The molecule has 144 valence electrons. The van der Waals surface area contributed by atoms with Gasteiger partial charge in [-0.3, -0.25) is 15.2 Å². The molecule has 3 aromatic carbocycles. The van der Waals surface area contributed by atoms with Gasteiger partial charge >= 0.3 is 0 Å². The third kappa shape index (κ3) is 4.16. The van der Waals surface area contributed by atoms with E-state index in [0.29, 0.717) is 17.1 Å². The lowest BCUT2D eigenvalue weighted by Gasteiger charge is -2.28. The summed E-state index contributed by atoms with van der Waals surface area (Å²) in [6, 6.07) is 26.9. The van der Waals surface area contributed by atoms with Crippen molar-refractivity contribution >= 4 is 17.3 Å². The van der Waals surface area contributed by atoms with E-state index in [-0.39, 0.29) is 11.3 Å². The zero-order chi connectivity index (χ0) is 20.3. The highest BCUT2D eigenvalue weighted by atomic mass is 16.1. The highest BCUT2D eigenvalue weighted by Crippen LogP contribution is 2.26. The van der Waals surface area contributed by atoms with E-state index >= 15 is 0 Å². The number of Topliss-reactive ketones (excluding diaryl/α,β-unsaturated/α-hetero) is 1. The summed E-state index contributed by atoms with van der Waals surface area (Å²) in [4.78, 5) is 18.0. The number of amidine groups is 1. The largest absolute Gasteiger partial charge is 0.287 e. The van der Waals surface area contributed by atoms with Gasteiger partial charge in [0.05, 0.1) is 5.54 Å². The number of ketones is 1. The summed E-state index contributed by atoms with van der Waals surface area (Å²) >= 11 is 0. The fourth-order valence-electron chi connectivity index (χ4n) is 3.54. The number of nitrogens with one attached hydrogen (secondary N) is 1. The number of fused-ring (bicyclic) bond motifs is 1. The van der Waals surface area contributed by atoms with Gasteiger partial charge in [0.25, 0.3) is 0 Å². The van der Waals surface area contributed by atoms with Crippen LogP contribution < -0.4 is 5.43 Å². The summed E-state index contributed by atoms with van der Waals surface area (Å²) < 4.78 is 0. The molecule has 29 heavy (non-hydrogen) atoms. The van der Waals surface area contributed by atoms with Gasteiger partial charge in [-0.15, -0.1) is 0 Å². The highest BCUT2D eigenvalue weighted by molar-refractivity contribution is 6.51. The Labute approximate surface area is 171 Å². The molecular formula is C25H23N3O. The maximum absolute atomic E-state index is 13.2. The molecule has 0 saturated carbocycles. The molecule has 1 aliphatic rings. The number of hydrogen-bond acceptors (Lipinski definition) is 4. The molecule has 3 aromatic rings. The molecule has 0 aromatic heterocycles. The Bertz CT molecular complexity index is 1080. The van der Waals surface area contributed by atoms with E-state index in [1.165, 1.54) is 5.56 Å². The number of rotatable bonds is 4. The van der Waals surface area contributed by atoms with Crippen LogP contribution in [0.4, 0.5) is 0 Å². The zero-order valence-electron chi connectivity index (χ0n) is 16.6. The van der Waals surface area contributed by atoms with Crippen LogP contribution in [0.1, 0.15) is 40.9 Å². The predicted octanol–water partition coefficient (Wildman–Crippen LogP) is 4.64. The standard InChI is InChI=1S/C25H23N3O/c1-25(2)17-20-15-9-10-16-21(20)24(26-25)28-27-22(18-11-5-3-6-12-18)23(29)19-13-7-4-8-14-19/h3-16H,17H2,1-2H3,(H,26,28). The van der Waals surface area contributed by atoms with E-state index in [0.717, 1.165) is 17.5 Å². The van der Waals surface area contributed by atoms with Crippen molar-refractivity contribution in [3.05, 3.63) is 107 Å². The summed E-state index contributed by atoms with van der Waals surface area (Å²) in [6.07, 6.45) is 0.868.